The second kappa shape index (κ2) is 14.5. The fourth-order valence-electron chi connectivity index (χ4n) is 5.28. The number of rotatable bonds is 11. The Balaban J connectivity index is 1.23. The number of nitrogen functional groups attached to an aromatic ring is 2. The highest BCUT2D eigenvalue weighted by molar-refractivity contribution is 6.00. The molecule has 0 bridgehead atoms. The molecular formula is C33H29N17O5. The van der Waals surface area contributed by atoms with Gasteiger partial charge in [0.25, 0.3) is 11.9 Å². The summed E-state index contributed by atoms with van der Waals surface area (Å²) in [6, 6.07) is 17.1. The number of benzene rings is 2. The van der Waals surface area contributed by atoms with E-state index >= 15 is 0 Å². The monoisotopic (exact) mass is 743 g/mol. The number of esters is 1. The van der Waals surface area contributed by atoms with Gasteiger partial charge in [0.1, 0.15) is 12.2 Å². The maximum atomic E-state index is 12.5. The molecule has 0 radical (unpaired) electrons. The van der Waals surface area contributed by atoms with Crippen LogP contribution in [0.25, 0.3) is 23.3 Å². The summed E-state index contributed by atoms with van der Waals surface area (Å²) in [6.45, 7) is 2.43. The van der Waals surface area contributed by atoms with Crippen molar-refractivity contribution in [2.45, 2.75) is 13.8 Å². The van der Waals surface area contributed by atoms with Gasteiger partial charge in [0.05, 0.1) is 47.8 Å². The second-order valence-electron chi connectivity index (χ2n) is 11.4. The molecule has 276 valence electrons. The number of ether oxygens (including phenoxy) is 1. The van der Waals surface area contributed by atoms with Crippen LogP contribution >= 0.6 is 0 Å². The van der Waals surface area contributed by atoms with Crippen molar-refractivity contribution < 1.29 is 24.5 Å². The van der Waals surface area contributed by atoms with Crippen LogP contribution in [-0.2, 0) is 4.74 Å². The number of aliphatic hydroxyl groups is 1. The van der Waals surface area contributed by atoms with Gasteiger partial charge in [0.15, 0.2) is 40.4 Å². The van der Waals surface area contributed by atoms with E-state index in [1.807, 2.05) is 12.1 Å². The number of carbonyl (C=O) groups is 2. The van der Waals surface area contributed by atoms with Gasteiger partial charge in [0, 0.05) is 0 Å². The SMILES string of the molecule is COC(=O)c1cnn(-c2ccccc2)c1/N=N/c1c(C)nn(-c2nc(O)nc(-n3nc(C)c(/N=N/c4c(C(=O)CO)cnn4-c4ccccc4)c3N)n2)c1N. The lowest BCUT2D eigenvalue weighted by atomic mass is 10.2. The van der Waals surface area contributed by atoms with E-state index in [0.29, 0.717) is 17.1 Å². The quantitative estimate of drug-likeness (QED) is 0.0830. The number of ketones is 1. The first kappa shape index (κ1) is 35.4. The smallest absolute Gasteiger partial charge is 0.343 e. The summed E-state index contributed by atoms with van der Waals surface area (Å²) in [6.07, 6.45) is 2.59. The predicted molar refractivity (Wildman–Crippen MR) is 192 cm³/mol. The van der Waals surface area contributed by atoms with Crippen molar-refractivity contribution in [3.63, 3.8) is 0 Å². The molecule has 0 aliphatic carbocycles. The zero-order valence-electron chi connectivity index (χ0n) is 29.1. The average Bonchev–Trinajstić information content (AvgIpc) is 3.96. The molecule has 22 nitrogen and oxygen atoms in total. The minimum atomic E-state index is -0.770. The second-order valence-corrected chi connectivity index (χ2v) is 11.4. The van der Waals surface area contributed by atoms with Gasteiger partial charge in [-0.3, -0.25) is 4.79 Å². The number of methoxy groups -OCH3 is 1. The third-order valence-electron chi connectivity index (χ3n) is 7.93. The Morgan fingerprint density at radius 2 is 1.15 bits per heavy atom. The minimum absolute atomic E-state index is 0.0301. The van der Waals surface area contributed by atoms with Crippen molar-refractivity contribution in [1.82, 2.24) is 54.1 Å². The fraction of sp³-hybridized carbons (Fsp3) is 0.121. The van der Waals surface area contributed by atoms with Crippen LogP contribution in [0.4, 0.5) is 34.6 Å². The maximum absolute atomic E-state index is 12.5. The third kappa shape index (κ3) is 6.62. The summed E-state index contributed by atoms with van der Waals surface area (Å²) in [5, 5.41) is 54.5. The van der Waals surface area contributed by atoms with Gasteiger partial charge < -0.3 is 26.4 Å². The van der Waals surface area contributed by atoms with Gasteiger partial charge in [-0.2, -0.15) is 44.7 Å². The summed E-state index contributed by atoms with van der Waals surface area (Å²) < 4.78 is 9.89. The molecule has 7 aromatic rings. The number of aliphatic hydroxyl groups excluding tert-OH is 1. The number of hydrogen-bond donors (Lipinski definition) is 4. The van der Waals surface area contributed by atoms with E-state index < -0.39 is 24.4 Å². The molecule has 0 unspecified atom stereocenters. The molecule has 5 heterocycles. The Hall–Kier alpha value is -8.01. The first-order valence-electron chi connectivity index (χ1n) is 16.1. The summed E-state index contributed by atoms with van der Waals surface area (Å²) in [5.74, 6) is -1.82. The Morgan fingerprint density at radius 3 is 1.60 bits per heavy atom. The predicted octanol–water partition coefficient (Wildman–Crippen LogP) is 3.89. The van der Waals surface area contributed by atoms with Crippen LogP contribution in [0.15, 0.2) is 93.5 Å². The Labute approximate surface area is 309 Å². The molecule has 0 saturated heterocycles. The van der Waals surface area contributed by atoms with Crippen LogP contribution < -0.4 is 11.5 Å². The van der Waals surface area contributed by atoms with Crippen LogP contribution in [0.3, 0.4) is 0 Å². The first-order chi connectivity index (χ1) is 26.6. The van der Waals surface area contributed by atoms with Gasteiger partial charge in [-0.05, 0) is 38.1 Å². The highest BCUT2D eigenvalue weighted by Gasteiger charge is 2.24. The van der Waals surface area contributed by atoms with E-state index in [2.05, 4.69) is 55.8 Å². The molecule has 0 atom stereocenters. The number of aryl methyl sites for hydroxylation is 2. The number of hydrogen-bond acceptors (Lipinski definition) is 18. The zero-order valence-corrected chi connectivity index (χ0v) is 29.1. The highest BCUT2D eigenvalue weighted by Crippen LogP contribution is 2.34. The molecule has 7 rings (SSSR count). The lowest BCUT2D eigenvalue weighted by Crippen LogP contribution is -2.13. The van der Waals surface area contributed by atoms with E-state index in [0.717, 1.165) is 9.36 Å². The Morgan fingerprint density at radius 1 is 0.691 bits per heavy atom. The molecular weight excluding hydrogens is 714 g/mol. The van der Waals surface area contributed by atoms with Gasteiger partial charge in [0.2, 0.25) is 0 Å². The molecule has 0 aliphatic heterocycles. The molecule has 6 N–H and O–H groups in total. The largest absolute Gasteiger partial charge is 0.479 e. The molecule has 0 fully saturated rings. The van der Waals surface area contributed by atoms with E-state index in [9.17, 15) is 19.8 Å². The summed E-state index contributed by atoms with van der Waals surface area (Å²) in [5.41, 5.74) is 14.9. The van der Waals surface area contributed by atoms with Crippen molar-refractivity contribution in [2.24, 2.45) is 20.5 Å². The number of nitrogens with two attached hydrogens (primary N) is 2. The van der Waals surface area contributed by atoms with Crippen molar-refractivity contribution >= 4 is 46.4 Å². The molecule has 22 heteroatoms. The van der Waals surface area contributed by atoms with Crippen LogP contribution in [0, 0.1) is 13.8 Å². The Kier molecular flexibility index (Phi) is 9.36. The lowest BCUT2D eigenvalue weighted by molar-refractivity contribution is 0.0601. The molecule has 0 aliphatic rings. The topological polar surface area (TPSA) is 295 Å². The van der Waals surface area contributed by atoms with Gasteiger partial charge in [-0.1, -0.05) is 36.4 Å². The van der Waals surface area contributed by atoms with Crippen molar-refractivity contribution in [3.8, 4) is 29.3 Å². The summed E-state index contributed by atoms with van der Waals surface area (Å²) >= 11 is 0. The molecule has 2 aromatic carbocycles. The molecule has 0 saturated carbocycles. The molecule has 0 amide bonds. The summed E-state index contributed by atoms with van der Waals surface area (Å²) in [7, 11) is 1.23. The van der Waals surface area contributed by atoms with E-state index in [-0.39, 0.29) is 63.4 Å². The van der Waals surface area contributed by atoms with Gasteiger partial charge in [-0.15, -0.1) is 20.5 Å². The number of aromatic nitrogens is 11. The van der Waals surface area contributed by atoms with E-state index in [1.165, 1.54) is 28.9 Å². The number of Topliss-reactive ketones (excluding diaryl/α,β-unsaturated/α-hetero) is 1. The number of para-hydroxylation sites is 2. The number of anilines is 2. The maximum Gasteiger partial charge on any atom is 0.343 e. The van der Waals surface area contributed by atoms with Gasteiger partial charge >= 0.3 is 12.0 Å². The molecule has 5 aromatic heterocycles. The molecule has 0 spiro atoms. The van der Waals surface area contributed by atoms with Gasteiger partial charge in [-0.25, -0.2) is 14.2 Å². The Bertz CT molecular complexity index is 2450. The van der Waals surface area contributed by atoms with Crippen LogP contribution in [0.2, 0.25) is 0 Å². The zero-order chi connectivity index (χ0) is 38.8. The van der Waals surface area contributed by atoms with Crippen LogP contribution in [-0.4, -0.2) is 89.8 Å². The van der Waals surface area contributed by atoms with Crippen molar-refractivity contribution in [2.75, 3.05) is 25.2 Å². The third-order valence-corrected chi connectivity index (χ3v) is 7.93. The normalized spacial score (nSPS) is 11.6. The number of azo groups is 2. The standard InChI is InChI=1S/C33H29N17O5/c1-17-24(41-43-28-21(23(52)16-51)14-36-47(28)19-10-6-4-7-11-19)26(34)49(45-17)31-38-32(40-33(54)39-31)50-27(35)25(18(2)46-50)42-44-29-22(30(53)55-3)15-37-48(29)20-12-8-5-9-13-20/h4-15,51H,16,34-35H2,1-3H3,(H,38,39,40,54)/b43-41+,44-42+. The number of nitrogens with zero attached hydrogens (tertiary/aromatic N) is 15. The highest BCUT2D eigenvalue weighted by atomic mass is 16.5. The molecule has 55 heavy (non-hydrogen) atoms. The van der Waals surface area contributed by atoms with Crippen molar-refractivity contribution in [1.29, 1.82) is 0 Å². The van der Waals surface area contributed by atoms with Crippen molar-refractivity contribution in [3.05, 3.63) is 95.6 Å². The van der Waals surface area contributed by atoms with E-state index in [1.54, 1.807) is 62.4 Å². The minimum Gasteiger partial charge on any atom is -0.479 e. The fourth-order valence-corrected chi connectivity index (χ4v) is 5.28. The first-order valence-corrected chi connectivity index (χ1v) is 16.1. The number of carbonyl (C=O) groups excluding carboxylic acids is 2. The lowest BCUT2D eigenvalue weighted by Gasteiger charge is -2.06. The van der Waals surface area contributed by atoms with Crippen LogP contribution in [0.5, 0.6) is 6.01 Å². The van der Waals surface area contributed by atoms with Crippen LogP contribution in [0.1, 0.15) is 32.1 Å². The average molecular weight is 744 g/mol. The van der Waals surface area contributed by atoms with E-state index in [4.69, 9.17) is 16.2 Å². The summed E-state index contributed by atoms with van der Waals surface area (Å²) in [4.78, 5) is 37.4. The number of aromatic hydroxyl groups is 1.